The minimum Gasteiger partial charge on any atom is -0.384 e. The van der Waals surface area contributed by atoms with Gasteiger partial charge in [0.25, 0.3) is 0 Å². The van der Waals surface area contributed by atoms with Crippen molar-refractivity contribution in [3.63, 3.8) is 0 Å². The Morgan fingerprint density at radius 2 is 1.81 bits per heavy atom. The number of hydrogen-bond acceptors (Lipinski definition) is 4. The predicted molar refractivity (Wildman–Crippen MR) is 105 cm³/mol. The quantitative estimate of drug-likeness (QED) is 0.491. The summed E-state index contributed by atoms with van der Waals surface area (Å²) in [7, 11) is 3.45. The number of carbonyl (C=O) groups is 1. The van der Waals surface area contributed by atoms with Gasteiger partial charge in [-0.25, -0.2) is 9.97 Å². The molecule has 7 nitrogen and oxygen atoms in total. The molecule has 0 radical (unpaired) electrons. The molecule has 0 unspecified atom stereocenters. The van der Waals surface area contributed by atoms with Crippen LogP contribution >= 0.6 is 0 Å². The van der Waals surface area contributed by atoms with Crippen molar-refractivity contribution >= 4 is 33.8 Å². The first-order valence-electron chi connectivity index (χ1n) is 8.24. The number of aryl methyl sites for hydroxylation is 1. The molecular formula is C19H22N6O. The second kappa shape index (κ2) is 6.87. The first-order chi connectivity index (χ1) is 12.3. The molecule has 0 bridgehead atoms. The summed E-state index contributed by atoms with van der Waals surface area (Å²) in [6, 6.07) is 12.1. The number of nitrogens with zero attached hydrogens (tertiary/aromatic N) is 3. The van der Waals surface area contributed by atoms with Crippen LogP contribution in [0.15, 0.2) is 36.4 Å². The molecule has 0 atom stereocenters. The number of para-hydroxylation sites is 1. The molecule has 4 aromatic rings. The molecule has 0 aliphatic heterocycles. The third-order valence-electron chi connectivity index (χ3n) is 4.05. The molecule has 0 saturated carbocycles. The maximum atomic E-state index is 10.1. The lowest BCUT2D eigenvalue weighted by molar-refractivity contribution is -0.126. The number of aromatic amines is 2. The van der Waals surface area contributed by atoms with E-state index in [-0.39, 0.29) is 5.91 Å². The van der Waals surface area contributed by atoms with Gasteiger partial charge in [-0.2, -0.15) is 0 Å². The summed E-state index contributed by atoms with van der Waals surface area (Å²) in [6.07, 6.45) is 0. The number of carbonyl (C=O) groups excluding carboxylic acids is 1. The van der Waals surface area contributed by atoms with Crippen LogP contribution in [0.1, 0.15) is 12.7 Å². The van der Waals surface area contributed by atoms with Crippen LogP contribution in [0.4, 0.5) is 5.82 Å². The number of imidazole rings is 1. The molecule has 0 saturated heterocycles. The maximum absolute atomic E-state index is 10.1. The summed E-state index contributed by atoms with van der Waals surface area (Å²) < 4.78 is 0. The van der Waals surface area contributed by atoms with Gasteiger partial charge in [0.15, 0.2) is 5.65 Å². The molecule has 26 heavy (non-hydrogen) atoms. The minimum atomic E-state index is 0.0926. The largest absolute Gasteiger partial charge is 0.384 e. The number of amides is 1. The number of benzene rings is 1. The first-order valence-corrected chi connectivity index (χ1v) is 8.24. The predicted octanol–water partition coefficient (Wildman–Crippen LogP) is 3.09. The van der Waals surface area contributed by atoms with E-state index < -0.39 is 0 Å². The number of nitrogen functional groups attached to an aromatic ring is 1. The third kappa shape index (κ3) is 3.51. The van der Waals surface area contributed by atoms with E-state index in [1.54, 1.807) is 14.1 Å². The van der Waals surface area contributed by atoms with Gasteiger partial charge in [0.2, 0.25) is 5.91 Å². The Morgan fingerprint density at radius 1 is 1.12 bits per heavy atom. The lowest BCUT2D eigenvalue weighted by atomic mass is 10.1. The number of nitrogens with two attached hydrogens (primary N) is 1. The van der Waals surface area contributed by atoms with Crippen LogP contribution in [0.3, 0.4) is 0 Å². The summed E-state index contributed by atoms with van der Waals surface area (Å²) in [4.78, 5) is 26.9. The molecule has 4 N–H and O–H groups in total. The standard InChI is InChI=1S/C15H13N5.C4H9NO/c1-8-17-14-10(7-13(16)20-15(14)18-8)12-6-9-4-2-3-5-11(9)19-12;1-4(6)5(2)3/h2-7,19H,1H3,(H3,16,17,18,20);1-3H3. The zero-order valence-electron chi connectivity index (χ0n) is 15.3. The van der Waals surface area contributed by atoms with E-state index in [4.69, 9.17) is 5.73 Å². The number of anilines is 1. The van der Waals surface area contributed by atoms with Crippen LogP contribution in [0.5, 0.6) is 0 Å². The van der Waals surface area contributed by atoms with Gasteiger partial charge in [-0.05, 0) is 25.1 Å². The smallest absolute Gasteiger partial charge is 0.218 e. The first kappa shape index (κ1) is 17.5. The van der Waals surface area contributed by atoms with Crippen molar-refractivity contribution in [3.05, 3.63) is 42.2 Å². The van der Waals surface area contributed by atoms with Gasteiger partial charge in [-0.3, -0.25) is 4.79 Å². The van der Waals surface area contributed by atoms with Gasteiger partial charge in [0.05, 0.1) is 5.52 Å². The Bertz CT molecular complexity index is 1040. The summed E-state index contributed by atoms with van der Waals surface area (Å²) >= 11 is 0. The van der Waals surface area contributed by atoms with Crippen molar-refractivity contribution < 1.29 is 4.79 Å². The van der Waals surface area contributed by atoms with E-state index >= 15 is 0 Å². The zero-order chi connectivity index (χ0) is 18.8. The normalized spacial score (nSPS) is 10.6. The monoisotopic (exact) mass is 350 g/mol. The topological polar surface area (TPSA) is 104 Å². The highest BCUT2D eigenvalue weighted by Crippen LogP contribution is 2.30. The summed E-state index contributed by atoms with van der Waals surface area (Å²) in [6.45, 7) is 3.44. The van der Waals surface area contributed by atoms with E-state index in [1.165, 1.54) is 17.2 Å². The van der Waals surface area contributed by atoms with Crippen LogP contribution in [0.2, 0.25) is 0 Å². The number of rotatable bonds is 1. The third-order valence-corrected chi connectivity index (χ3v) is 4.05. The van der Waals surface area contributed by atoms with E-state index in [2.05, 4.69) is 38.1 Å². The Morgan fingerprint density at radius 3 is 2.46 bits per heavy atom. The molecule has 1 amide bonds. The fourth-order valence-corrected chi connectivity index (χ4v) is 2.55. The van der Waals surface area contributed by atoms with E-state index in [0.717, 1.165) is 28.1 Å². The van der Waals surface area contributed by atoms with Gasteiger partial charge in [0, 0.05) is 43.2 Å². The van der Waals surface area contributed by atoms with E-state index in [0.29, 0.717) is 11.5 Å². The van der Waals surface area contributed by atoms with Crippen LogP contribution in [-0.4, -0.2) is 44.8 Å². The number of fused-ring (bicyclic) bond motifs is 2. The number of aromatic nitrogens is 4. The SMILES string of the molecule is CC(=O)N(C)C.Cc1nc2nc(N)cc(-c3cc4ccccc4[nH]3)c2[nH]1. The molecule has 0 aliphatic carbocycles. The minimum absolute atomic E-state index is 0.0926. The Labute approximate surface area is 151 Å². The van der Waals surface area contributed by atoms with Gasteiger partial charge in [-0.15, -0.1) is 0 Å². The molecule has 3 aromatic heterocycles. The summed E-state index contributed by atoms with van der Waals surface area (Å²) in [5, 5.41) is 1.17. The molecule has 1 aromatic carbocycles. The van der Waals surface area contributed by atoms with Crippen LogP contribution in [-0.2, 0) is 4.79 Å². The molecular weight excluding hydrogens is 328 g/mol. The van der Waals surface area contributed by atoms with Crippen molar-refractivity contribution in [1.29, 1.82) is 0 Å². The van der Waals surface area contributed by atoms with Crippen molar-refractivity contribution in [2.45, 2.75) is 13.8 Å². The lowest BCUT2D eigenvalue weighted by Crippen LogP contribution is -2.17. The molecule has 0 spiro atoms. The van der Waals surface area contributed by atoms with Crippen LogP contribution in [0.25, 0.3) is 33.3 Å². The lowest BCUT2D eigenvalue weighted by Gasteiger charge is -2.02. The number of hydrogen-bond donors (Lipinski definition) is 3. The highest BCUT2D eigenvalue weighted by atomic mass is 16.2. The molecule has 134 valence electrons. The Hall–Kier alpha value is -3.35. The zero-order valence-corrected chi connectivity index (χ0v) is 15.3. The fourth-order valence-electron chi connectivity index (χ4n) is 2.55. The summed E-state index contributed by atoms with van der Waals surface area (Å²) in [5.74, 6) is 1.39. The molecule has 7 heteroatoms. The van der Waals surface area contributed by atoms with Gasteiger partial charge < -0.3 is 20.6 Å². The number of H-pyrrole nitrogens is 2. The van der Waals surface area contributed by atoms with Crippen LogP contribution in [0, 0.1) is 6.92 Å². The van der Waals surface area contributed by atoms with Gasteiger partial charge in [0.1, 0.15) is 11.6 Å². The van der Waals surface area contributed by atoms with Crippen molar-refractivity contribution in [2.75, 3.05) is 19.8 Å². The second-order valence-corrected chi connectivity index (χ2v) is 6.30. The van der Waals surface area contributed by atoms with Crippen molar-refractivity contribution in [1.82, 2.24) is 24.8 Å². The van der Waals surface area contributed by atoms with E-state index in [1.807, 2.05) is 25.1 Å². The molecule has 0 fully saturated rings. The Kier molecular flexibility index (Phi) is 4.62. The molecule has 0 aliphatic rings. The highest BCUT2D eigenvalue weighted by Gasteiger charge is 2.12. The fraction of sp³-hybridized carbons (Fsp3) is 0.211. The second-order valence-electron chi connectivity index (χ2n) is 6.30. The average molecular weight is 350 g/mol. The van der Waals surface area contributed by atoms with Crippen molar-refractivity contribution in [2.24, 2.45) is 0 Å². The molecule has 3 heterocycles. The van der Waals surface area contributed by atoms with Crippen LogP contribution < -0.4 is 5.73 Å². The van der Waals surface area contributed by atoms with Crippen molar-refractivity contribution in [3.8, 4) is 11.3 Å². The summed E-state index contributed by atoms with van der Waals surface area (Å²) in [5.41, 5.74) is 10.5. The highest BCUT2D eigenvalue weighted by molar-refractivity contribution is 5.95. The maximum Gasteiger partial charge on any atom is 0.218 e. The number of nitrogens with one attached hydrogen (secondary N) is 2. The average Bonchev–Trinajstić information content (AvgIpc) is 3.16. The van der Waals surface area contributed by atoms with Gasteiger partial charge >= 0.3 is 0 Å². The van der Waals surface area contributed by atoms with E-state index in [9.17, 15) is 4.79 Å². The van der Waals surface area contributed by atoms with Gasteiger partial charge in [-0.1, -0.05) is 18.2 Å². The molecule has 4 rings (SSSR count). The Balaban J connectivity index is 0.000000286. The number of pyridine rings is 1.